The summed E-state index contributed by atoms with van der Waals surface area (Å²) in [6.07, 6.45) is 0.481. The molecule has 0 fully saturated rings. The van der Waals surface area contributed by atoms with Crippen LogP contribution in [0.15, 0.2) is 46.2 Å². The molecule has 5 heteroatoms. The lowest BCUT2D eigenvalue weighted by Crippen LogP contribution is -2.28. The van der Waals surface area contributed by atoms with E-state index in [4.69, 9.17) is 0 Å². The zero-order valence-electron chi connectivity index (χ0n) is 14.8. The molecule has 0 aliphatic carbocycles. The third-order valence-electron chi connectivity index (χ3n) is 4.17. The molecule has 3 rings (SSSR count). The third-order valence-corrected chi connectivity index (χ3v) is 5.27. The highest BCUT2D eigenvalue weighted by atomic mass is 32.2. The van der Waals surface area contributed by atoms with Gasteiger partial charge in [0.05, 0.1) is 11.4 Å². The Morgan fingerprint density at radius 3 is 1.75 bits per heavy atom. The molecule has 0 spiro atoms. The van der Waals surface area contributed by atoms with Crippen molar-refractivity contribution in [3.8, 4) is 0 Å². The molecule has 2 aromatic carbocycles. The number of carbonyl (C=O) groups excluding carboxylic acids is 1. The van der Waals surface area contributed by atoms with Gasteiger partial charge >= 0.3 is 0 Å². The van der Waals surface area contributed by atoms with Crippen LogP contribution in [0.3, 0.4) is 0 Å². The van der Waals surface area contributed by atoms with Gasteiger partial charge in [-0.1, -0.05) is 18.7 Å². The van der Waals surface area contributed by atoms with Crippen LogP contribution in [0.5, 0.6) is 0 Å². The number of hydrogen-bond acceptors (Lipinski definition) is 4. The first-order valence-electron chi connectivity index (χ1n) is 8.06. The minimum Gasteiger partial charge on any atom is -0.378 e. The van der Waals surface area contributed by atoms with E-state index in [1.807, 2.05) is 52.1 Å². The molecule has 1 aliphatic heterocycles. The number of rotatable bonds is 3. The molecule has 0 unspecified atom stereocenters. The summed E-state index contributed by atoms with van der Waals surface area (Å²) in [5.74, 6) is 0.119. The Labute approximate surface area is 148 Å². The number of carbonyl (C=O) groups is 1. The van der Waals surface area contributed by atoms with E-state index in [1.54, 1.807) is 11.8 Å². The molecule has 0 saturated heterocycles. The fraction of sp³-hybridized carbons (Fsp3) is 0.316. The van der Waals surface area contributed by atoms with E-state index in [0.29, 0.717) is 6.42 Å². The van der Waals surface area contributed by atoms with Crippen LogP contribution in [0.25, 0.3) is 0 Å². The minimum atomic E-state index is 0.119. The molecule has 1 heterocycles. The van der Waals surface area contributed by atoms with Crippen LogP contribution in [0.2, 0.25) is 0 Å². The summed E-state index contributed by atoms with van der Waals surface area (Å²) in [6.45, 7) is 1.91. The number of anilines is 4. The smallest absolute Gasteiger partial charge is 0.231 e. The monoisotopic (exact) mass is 341 g/mol. The lowest BCUT2D eigenvalue weighted by Gasteiger charge is -2.32. The van der Waals surface area contributed by atoms with Gasteiger partial charge in [0.15, 0.2) is 0 Å². The van der Waals surface area contributed by atoms with Gasteiger partial charge in [-0.25, -0.2) is 0 Å². The quantitative estimate of drug-likeness (QED) is 0.829. The molecular weight excluding hydrogens is 318 g/mol. The zero-order valence-corrected chi connectivity index (χ0v) is 15.6. The van der Waals surface area contributed by atoms with E-state index in [-0.39, 0.29) is 5.91 Å². The van der Waals surface area contributed by atoms with Crippen molar-refractivity contribution in [3.63, 3.8) is 0 Å². The average Bonchev–Trinajstić information content (AvgIpc) is 2.57. The second kappa shape index (κ2) is 6.40. The maximum Gasteiger partial charge on any atom is 0.231 e. The van der Waals surface area contributed by atoms with E-state index >= 15 is 0 Å². The number of hydrogen-bond donors (Lipinski definition) is 0. The van der Waals surface area contributed by atoms with Crippen LogP contribution in [-0.2, 0) is 4.79 Å². The molecular formula is C19H23N3OS. The van der Waals surface area contributed by atoms with E-state index < -0.39 is 0 Å². The van der Waals surface area contributed by atoms with Crippen molar-refractivity contribution in [1.29, 1.82) is 0 Å². The molecule has 0 saturated carbocycles. The van der Waals surface area contributed by atoms with Crippen molar-refractivity contribution in [2.75, 3.05) is 42.9 Å². The molecule has 4 nitrogen and oxygen atoms in total. The second-order valence-corrected chi connectivity index (χ2v) is 7.36. The van der Waals surface area contributed by atoms with Crippen molar-refractivity contribution < 1.29 is 4.79 Å². The summed E-state index contributed by atoms with van der Waals surface area (Å²) in [6, 6.07) is 12.5. The molecule has 2 aromatic rings. The van der Waals surface area contributed by atoms with Gasteiger partial charge in [0.25, 0.3) is 0 Å². The summed E-state index contributed by atoms with van der Waals surface area (Å²) in [5.41, 5.74) is 4.22. The Morgan fingerprint density at radius 1 is 0.917 bits per heavy atom. The van der Waals surface area contributed by atoms with E-state index in [1.165, 1.54) is 0 Å². The number of fused-ring (bicyclic) bond motifs is 2. The third kappa shape index (κ3) is 2.84. The van der Waals surface area contributed by atoms with Gasteiger partial charge in [-0.15, -0.1) is 0 Å². The zero-order chi connectivity index (χ0) is 17.4. The predicted molar refractivity (Wildman–Crippen MR) is 103 cm³/mol. The first kappa shape index (κ1) is 16.7. The van der Waals surface area contributed by atoms with Crippen LogP contribution < -0.4 is 14.7 Å². The van der Waals surface area contributed by atoms with Gasteiger partial charge in [0, 0.05) is 55.8 Å². The largest absolute Gasteiger partial charge is 0.378 e. The Morgan fingerprint density at radius 2 is 1.38 bits per heavy atom. The normalized spacial score (nSPS) is 12.5. The average molecular weight is 341 g/mol. The first-order valence-corrected chi connectivity index (χ1v) is 8.87. The fourth-order valence-electron chi connectivity index (χ4n) is 2.77. The molecule has 1 aliphatic rings. The molecule has 126 valence electrons. The fourth-order valence-corrected chi connectivity index (χ4v) is 3.89. The predicted octanol–water partition coefficient (Wildman–Crippen LogP) is 4.36. The Bertz CT molecular complexity index is 729. The van der Waals surface area contributed by atoms with E-state index in [2.05, 4.69) is 34.1 Å². The summed E-state index contributed by atoms with van der Waals surface area (Å²) in [7, 11) is 8.12. The lowest BCUT2D eigenvalue weighted by atomic mass is 10.1. The maximum atomic E-state index is 12.6. The highest BCUT2D eigenvalue weighted by Gasteiger charge is 2.28. The summed E-state index contributed by atoms with van der Waals surface area (Å²) in [5, 5.41) is 0. The van der Waals surface area contributed by atoms with Crippen LogP contribution in [-0.4, -0.2) is 34.1 Å². The van der Waals surface area contributed by atoms with Gasteiger partial charge in [0.2, 0.25) is 5.91 Å². The molecule has 0 aromatic heterocycles. The van der Waals surface area contributed by atoms with Crippen molar-refractivity contribution in [2.24, 2.45) is 0 Å². The lowest BCUT2D eigenvalue weighted by molar-refractivity contribution is -0.117. The van der Waals surface area contributed by atoms with Crippen molar-refractivity contribution in [3.05, 3.63) is 36.4 Å². The molecule has 0 radical (unpaired) electrons. The van der Waals surface area contributed by atoms with Crippen LogP contribution in [0.1, 0.15) is 13.3 Å². The van der Waals surface area contributed by atoms with Crippen LogP contribution in [0.4, 0.5) is 22.7 Å². The maximum absolute atomic E-state index is 12.6. The molecule has 24 heavy (non-hydrogen) atoms. The number of amides is 1. The Kier molecular flexibility index (Phi) is 4.45. The van der Waals surface area contributed by atoms with Crippen molar-refractivity contribution >= 4 is 40.4 Å². The summed E-state index contributed by atoms with van der Waals surface area (Å²) < 4.78 is 0. The summed E-state index contributed by atoms with van der Waals surface area (Å²) >= 11 is 1.73. The van der Waals surface area contributed by atoms with Gasteiger partial charge < -0.3 is 9.80 Å². The first-order chi connectivity index (χ1) is 11.4. The summed E-state index contributed by atoms with van der Waals surface area (Å²) in [4.78, 5) is 20.9. The Hall–Kier alpha value is -2.14. The molecule has 0 atom stereocenters. The highest BCUT2D eigenvalue weighted by molar-refractivity contribution is 7.99. The number of benzene rings is 2. The van der Waals surface area contributed by atoms with Gasteiger partial charge in [-0.2, -0.15) is 0 Å². The highest BCUT2D eigenvalue weighted by Crippen LogP contribution is 2.50. The van der Waals surface area contributed by atoms with E-state index in [9.17, 15) is 4.79 Å². The van der Waals surface area contributed by atoms with E-state index in [0.717, 1.165) is 32.5 Å². The second-order valence-electron chi connectivity index (χ2n) is 6.28. The standard InChI is InChI=1S/C19H23N3OS/c1-6-19(23)22-15-9-7-13(20(2)3)11-17(15)24-18-12-14(21(4)5)8-10-16(18)22/h7-12H,6H2,1-5H3. The van der Waals surface area contributed by atoms with Crippen LogP contribution >= 0.6 is 11.8 Å². The topological polar surface area (TPSA) is 26.8 Å². The van der Waals surface area contributed by atoms with Crippen molar-refractivity contribution in [2.45, 2.75) is 23.1 Å². The SMILES string of the molecule is CCC(=O)N1c2ccc(N(C)C)cc2Sc2cc(N(C)C)ccc21. The van der Waals surface area contributed by atoms with Gasteiger partial charge in [0.1, 0.15) is 0 Å². The van der Waals surface area contributed by atoms with Gasteiger partial charge in [-0.3, -0.25) is 9.69 Å². The van der Waals surface area contributed by atoms with Crippen LogP contribution in [0, 0.1) is 0 Å². The minimum absolute atomic E-state index is 0.119. The Balaban J connectivity index is 2.15. The molecule has 0 N–H and O–H groups in total. The molecule has 1 amide bonds. The van der Waals surface area contributed by atoms with Crippen molar-refractivity contribution in [1.82, 2.24) is 0 Å². The van der Waals surface area contributed by atoms with Gasteiger partial charge in [-0.05, 0) is 36.4 Å². The molecule has 0 bridgehead atoms. The number of nitrogens with zero attached hydrogens (tertiary/aromatic N) is 3.